The molecule has 47 heavy (non-hydrogen) atoms. The van der Waals surface area contributed by atoms with Crippen LogP contribution in [0.4, 0.5) is 0 Å². The highest BCUT2D eigenvalue weighted by atomic mass is 32.2. The highest BCUT2D eigenvalue weighted by molar-refractivity contribution is 7.85. The number of amides is 1. The fourth-order valence-electron chi connectivity index (χ4n) is 5.67. The third-order valence-corrected chi connectivity index (χ3v) is 9.42. The number of carbonyl (C=O) groups is 1. The molecule has 0 fully saturated rings. The minimum Gasteiger partial charge on any atom is -0.387 e. The normalized spacial score (nSPS) is 14.4. The molecule has 3 atom stereocenters. The van der Waals surface area contributed by atoms with E-state index in [0.717, 1.165) is 51.4 Å². The van der Waals surface area contributed by atoms with E-state index < -0.39 is 40.0 Å². The van der Waals surface area contributed by atoms with Gasteiger partial charge in [0.25, 0.3) is 10.1 Å². The van der Waals surface area contributed by atoms with Crippen LogP contribution in [0.15, 0.2) is 36.5 Å². The monoisotopic (exact) mass is 684 g/mol. The molecule has 4 N–H and O–H groups in total. The Morgan fingerprint density at radius 3 is 1.36 bits per heavy atom. The van der Waals surface area contributed by atoms with E-state index in [1.807, 2.05) is 0 Å². The van der Waals surface area contributed by atoms with Crippen molar-refractivity contribution in [3.8, 4) is 0 Å². The van der Waals surface area contributed by atoms with Gasteiger partial charge in [0, 0.05) is 0 Å². The molecule has 0 saturated heterocycles. The van der Waals surface area contributed by atoms with Gasteiger partial charge in [-0.3, -0.25) is 9.35 Å². The van der Waals surface area contributed by atoms with Gasteiger partial charge in [-0.05, 0) is 38.5 Å². The van der Waals surface area contributed by atoms with E-state index in [2.05, 4.69) is 43.5 Å². The van der Waals surface area contributed by atoms with Gasteiger partial charge in [-0.1, -0.05) is 179 Å². The molecular formula is C39H73NO6S. The second-order valence-corrected chi connectivity index (χ2v) is 14.8. The van der Waals surface area contributed by atoms with E-state index in [9.17, 15) is 28.0 Å². The third kappa shape index (κ3) is 32.8. The van der Waals surface area contributed by atoms with Crippen molar-refractivity contribution < 1.29 is 28.0 Å². The first-order chi connectivity index (χ1) is 22.7. The Bertz CT molecular complexity index is 901. The Hall–Kier alpha value is -1.48. The van der Waals surface area contributed by atoms with Crippen molar-refractivity contribution in [2.75, 3.05) is 5.75 Å². The average molecular weight is 684 g/mol. The number of aliphatic hydroxyl groups excluding tert-OH is 2. The fraction of sp³-hybridized carbons (Fsp3) is 0.821. The Labute approximate surface area is 289 Å². The van der Waals surface area contributed by atoms with E-state index >= 15 is 0 Å². The van der Waals surface area contributed by atoms with Crippen molar-refractivity contribution in [1.82, 2.24) is 5.32 Å². The maximum Gasteiger partial charge on any atom is 0.267 e. The molecule has 0 bridgehead atoms. The predicted octanol–water partition coefficient (Wildman–Crippen LogP) is 9.93. The first-order valence-electron chi connectivity index (χ1n) is 19.3. The molecule has 0 aromatic carbocycles. The van der Waals surface area contributed by atoms with Crippen molar-refractivity contribution in [1.29, 1.82) is 0 Å². The molecule has 0 heterocycles. The van der Waals surface area contributed by atoms with Crippen LogP contribution in [-0.2, 0) is 14.9 Å². The van der Waals surface area contributed by atoms with Gasteiger partial charge in [-0.15, -0.1) is 0 Å². The SMILES string of the molecule is CCC/C=C/CC/C=C/CC/C=C/C(O)C(CS(=O)(=O)O)NC(=O)C(O)CCCCCCCCCCCCCCCCCCCCC. The number of hydrogen-bond donors (Lipinski definition) is 4. The van der Waals surface area contributed by atoms with Crippen LogP contribution in [0.2, 0.25) is 0 Å². The zero-order chi connectivity index (χ0) is 34.9. The van der Waals surface area contributed by atoms with Crippen molar-refractivity contribution in [2.45, 2.75) is 199 Å². The molecule has 0 saturated carbocycles. The average Bonchev–Trinajstić information content (AvgIpc) is 3.03. The zero-order valence-electron chi connectivity index (χ0n) is 30.3. The summed E-state index contributed by atoms with van der Waals surface area (Å²) in [6.07, 6.45) is 39.3. The summed E-state index contributed by atoms with van der Waals surface area (Å²) in [6.45, 7) is 4.42. The number of rotatable bonds is 34. The van der Waals surface area contributed by atoms with Gasteiger partial charge in [-0.25, -0.2) is 0 Å². The van der Waals surface area contributed by atoms with E-state index in [4.69, 9.17) is 0 Å². The number of carbonyl (C=O) groups excluding carboxylic acids is 1. The standard InChI is InChI=1S/C39H73NO6S/c1-3-5-7-9-11-13-15-16-17-18-19-20-21-22-24-26-28-30-32-34-38(42)39(43)40-36(35-47(44,45)46)37(41)33-31-29-27-25-23-14-12-10-8-6-4-2/h8,10,23,25,31,33,36-38,41-42H,3-7,9,11-22,24,26-30,32,34-35H2,1-2H3,(H,40,43)(H,44,45,46)/b10-8+,25-23+,33-31+. The van der Waals surface area contributed by atoms with Crippen LogP contribution in [0.5, 0.6) is 0 Å². The fourth-order valence-corrected chi connectivity index (χ4v) is 6.41. The molecule has 0 aliphatic heterocycles. The summed E-state index contributed by atoms with van der Waals surface area (Å²) in [5.41, 5.74) is 0. The minimum absolute atomic E-state index is 0.274. The Balaban J connectivity index is 4.03. The number of nitrogens with one attached hydrogen (secondary N) is 1. The number of allylic oxidation sites excluding steroid dienone is 5. The summed E-state index contributed by atoms with van der Waals surface area (Å²) in [5, 5.41) is 23.3. The van der Waals surface area contributed by atoms with Gasteiger partial charge in [0.05, 0.1) is 17.9 Å². The first kappa shape index (κ1) is 45.5. The largest absolute Gasteiger partial charge is 0.387 e. The molecule has 0 aromatic heterocycles. The highest BCUT2D eigenvalue weighted by Crippen LogP contribution is 2.15. The van der Waals surface area contributed by atoms with Gasteiger partial charge < -0.3 is 15.5 Å². The lowest BCUT2D eigenvalue weighted by atomic mass is 10.0. The smallest absolute Gasteiger partial charge is 0.267 e. The second kappa shape index (κ2) is 33.0. The van der Waals surface area contributed by atoms with Crippen LogP contribution in [0.3, 0.4) is 0 Å². The summed E-state index contributed by atoms with van der Waals surface area (Å²) in [7, 11) is -4.45. The number of aliphatic hydroxyl groups is 2. The van der Waals surface area contributed by atoms with Gasteiger partial charge >= 0.3 is 0 Å². The quantitative estimate of drug-likeness (QED) is 0.0304. The van der Waals surface area contributed by atoms with Crippen LogP contribution >= 0.6 is 0 Å². The maximum atomic E-state index is 12.5. The lowest BCUT2D eigenvalue weighted by Crippen LogP contribution is -2.50. The molecule has 1 amide bonds. The van der Waals surface area contributed by atoms with Crippen LogP contribution in [-0.4, -0.2) is 53.1 Å². The molecule has 0 spiro atoms. The lowest BCUT2D eigenvalue weighted by Gasteiger charge is -2.22. The van der Waals surface area contributed by atoms with Gasteiger partial charge in [-0.2, -0.15) is 8.42 Å². The first-order valence-corrected chi connectivity index (χ1v) is 20.9. The Morgan fingerprint density at radius 1 is 0.574 bits per heavy atom. The Kier molecular flexibility index (Phi) is 32.0. The van der Waals surface area contributed by atoms with Crippen molar-refractivity contribution in [3.05, 3.63) is 36.5 Å². The van der Waals surface area contributed by atoms with Gasteiger partial charge in [0.15, 0.2) is 0 Å². The topological polar surface area (TPSA) is 124 Å². The van der Waals surface area contributed by atoms with Gasteiger partial charge in [0.1, 0.15) is 6.10 Å². The van der Waals surface area contributed by atoms with Crippen LogP contribution in [0.1, 0.15) is 181 Å². The van der Waals surface area contributed by atoms with E-state index in [1.165, 1.54) is 102 Å². The van der Waals surface area contributed by atoms with Crippen LogP contribution in [0, 0.1) is 0 Å². The molecule has 276 valence electrons. The lowest BCUT2D eigenvalue weighted by molar-refractivity contribution is -0.130. The zero-order valence-corrected chi connectivity index (χ0v) is 31.1. The van der Waals surface area contributed by atoms with Crippen LogP contribution < -0.4 is 5.32 Å². The van der Waals surface area contributed by atoms with Crippen molar-refractivity contribution >= 4 is 16.0 Å². The molecule has 7 nitrogen and oxygen atoms in total. The molecule has 0 aliphatic rings. The summed E-state index contributed by atoms with van der Waals surface area (Å²) in [6, 6.07) is -1.25. The molecule has 3 unspecified atom stereocenters. The third-order valence-electron chi connectivity index (χ3n) is 8.64. The Morgan fingerprint density at radius 2 is 0.957 bits per heavy atom. The summed E-state index contributed by atoms with van der Waals surface area (Å²) in [5.74, 6) is -1.56. The maximum absolute atomic E-state index is 12.5. The summed E-state index contributed by atoms with van der Waals surface area (Å²) < 4.78 is 32.4. The molecule has 0 aromatic rings. The number of hydrogen-bond acceptors (Lipinski definition) is 5. The van der Waals surface area contributed by atoms with Crippen LogP contribution in [0.25, 0.3) is 0 Å². The molecular weight excluding hydrogens is 610 g/mol. The van der Waals surface area contributed by atoms with E-state index in [0.29, 0.717) is 12.8 Å². The van der Waals surface area contributed by atoms with E-state index in [-0.39, 0.29) is 6.42 Å². The molecule has 0 rings (SSSR count). The minimum atomic E-state index is -4.45. The number of unbranched alkanes of at least 4 members (excludes halogenated alkanes) is 21. The highest BCUT2D eigenvalue weighted by Gasteiger charge is 2.27. The second-order valence-electron chi connectivity index (χ2n) is 13.3. The predicted molar refractivity (Wildman–Crippen MR) is 199 cm³/mol. The van der Waals surface area contributed by atoms with Gasteiger partial charge in [0.2, 0.25) is 5.91 Å². The van der Waals surface area contributed by atoms with E-state index in [1.54, 1.807) is 6.08 Å². The molecule has 8 heteroatoms. The van der Waals surface area contributed by atoms with Crippen molar-refractivity contribution in [2.24, 2.45) is 0 Å². The molecule has 0 radical (unpaired) electrons. The summed E-state index contributed by atoms with van der Waals surface area (Å²) in [4.78, 5) is 12.5. The van der Waals surface area contributed by atoms with Crippen molar-refractivity contribution in [3.63, 3.8) is 0 Å². The molecule has 0 aliphatic carbocycles. The summed E-state index contributed by atoms with van der Waals surface area (Å²) >= 11 is 0.